The number of nitrogens with one attached hydrogen (secondary N) is 1. The van der Waals surface area contributed by atoms with E-state index in [1.54, 1.807) is 6.20 Å². The van der Waals surface area contributed by atoms with Crippen molar-refractivity contribution in [3.05, 3.63) is 54.4 Å². The van der Waals surface area contributed by atoms with Gasteiger partial charge in [-0.1, -0.05) is 37.3 Å². The molecule has 4 heteroatoms. The number of carbonyl (C=O) groups is 1. The van der Waals surface area contributed by atoms with Gasteiger partial charge in [-0.25, -0.2) is 0 Å². The topological polar surface area (TPSA) is 51.2 Å². The highest BCUT2D eigenvalue weighted by Crippen LogP contribution is 2.36. The van der Waals surface area contributed by atoms with E-state index in [2.05, 4.69) is 54.5 Å². The van der Waals surface area contributed by atoms with Gasteiger partial charge in [-0.3, -0.25) is 9.78 Å². The summed E-state index contributed by atoms with van der Waals surface area (Å²) in [5.41, 5.74) is 3.04. The molecule has 1 N–H and O–H groups in total. The molecular weight excluding hydrogens is 324 g/mol. The van der Waals surface area contributed by atoms with Gasteiger partial charge in [0.05, 0.1) is 5.41 Å². The molecule has 1 aliphatic heterocycles. The molecule has 1 fully saturated rings. The molecule has 0 aliphatic carbocycles. The molecule has 1 amide bonds. The lowest BCUT2D eigenvalue weighted by atomic mass is 9.74. The number of ether oxygens (including phenoxy) is 1. The van der Waals surface area contributed by atoms with E-state index in [1.807, 2.05) is 12.3 Å². The smallest absolute Gasteiger partial charge is 0.226 e. The van der Waals surface area contributed by atoms with Crippen molar-refractivity contribution in [1.82, 2.24) is 10.3 Å². The van der Waals surface area contributed by atoms with E-state index in [0.717, 1.165) is 36.8 Å². The number of hydrogen-bond acceptors (Lipinski definition) is 3. The fourth-order valence-corrected chi connectivity index (χ4v) is 3.51. The Kier molecular flexibility index (Phi) is 6.04. The summed E-state index contributed by atoms with van der Waals surface area (Å²) < 4.78 is 5.55. The van der Waals surface area contributed by atoms with Crippen LogP contribution >= 0.6 is 0 Å². The zero-order chi connectivity index (χ0) is 18.4. The summed E-state index contributed by atoms with van der Waals surface area (Å²) in [5.74, 6) is 0.168. The fraction of sp³-hybridized carbons (Fsp3) is 0.455. The minimum Gasteiger partial charge on any atom is -0.381 e. The normalized spacial score (nSPS) is 17.5. The van der Waals surface area contributed by atoms with Crippen LogP contribution in [0.1, 0.15) is 38.7 Å². The third kappa shape index (κ3) is 4.31. The first-order valence-electron chi connectivity index (χ1n) is 9.51. The van der Waals surface area contributed by atoms with E-state index < -0.39 is 0 Å². The number of pyridine rings is 1. The fourth-order valence-electron chi connectivity index (χ4n) is 3.51. The van der Waals surface area contributed by atoms with Gasteiger partial charge in [0.15, 0.2) is 0 Å². The van der Waals surface area contributed by atoms with Crippen LogP contribution in [0.5, 0.6) is 0 Å². The van der Waals surface area contributed by atoms with Crippen LogP contribution in [0.15, 0.2) is 48.8 Å². The summed E-state index contributed by atoms with van der Waals surface area (Å²) in [4.78, 5) is 17.3. The molecule has 1 aromatic heterocycles. The van der Waals surface area contributed by atoms with Crippen molar-refractivity contribution >= 4 is 5.91 Å². The van der Waals surface area contributed by atoms with Crippen molar-refractivity contribution in [2.24, 2.45) is 5.41 Å². The minimum atomic E-state index is -0.380. The molecule has 2 aromatic rings. The van der Waals surface area contributed by atoms with Crippen LogP contribution in [0.25, 0.3) is 11.1 Å². The van der Waals surface area contributed by atoms with E-state index in [9.17, 15) is 4.79 Å². The summed E-state index contributed by atoms with van der Waals surface area (Å²) in [6, 6.07) is 12.7. The van der Waals surface area contributed by atoms with Crippen LogP contribution in [-0.2, 0) is 16.0 Å². The van der Waals surface area contributed by atoms with Crippen molar-refractivity contribution < 1.29 is 9.53 Å². The van der Waals surface area contributed by atoms with Gasteiger partial charge in [0.1, 0.15) is 0 Å². The second kappa shape index (κ2) is 8.45. The first-order chi connectivity index (χ1) is 12.6. The van der Waals surface area contributed by atoms with Crippen LogP contribution in [0, 0.1) is 5.41 Å². The Bertz CT molecular complexity index is 724. The number of amides is 1. The molecule has 0 spiro atoms. The first-order valence-corrected chi connectivity index (χ1v) is 9.51. The van der Waals surface area contributed by atoms with Crippen LogP contribution in [0.3, 0.4) is 0 Å². The SMILES string of the molecule is CC[C@H](C)NC(=O)C1(Cc2cccc(-c3cccnc3)c2)CCOCC1. The summed E-state index contributed by atoms with van der Waals surface area (Å²) in [6.45, 7) is 5.46. The summed E-state index contributed by atoms with van der Waals surface area (Å²) in [5, 5.41) is 3.20. The lowest BCUT2D eigenvalue weighted by molar-refractivity contribution is -0.137. The molecule has 4 nitrogen and oxygen atoms in total. The van der Waals surface area contributed by atoms with Gasteiger partial charge in [0, 0.05) is 31.6 Å². The maximum atomic E-state index is 13.1. The van der Waals surface area contributed by atoms with Crippen molar-refractivity contribution in [3.8, 4) is 11.1 Å². The Morgan fingerprint density at radius 2 is 2.00 bits per heavy atom. The van der Waals surface area contributed by atoms with E-state index in [1.165, 1.54) is 5.56 Å². The Balaban J connectivity index is 1.84. The van der Waals surface area contributed by atoms with Gasteiger partial charge < -0.3 is 10.1 Å². The Labute approximate surface area is 156 Å². The lowest BCUT2D eigenvalue weighted by Gasteiger charge is -2.37. The third-order valence-electron chi connectivity index (χ3n) is 5.39. The van der Waals surface area contributed by atoms with E-state index in [-0.39, 0.29) is 17.4 Å². The molecule has 0 saturated carbocycles. The minimum absolute atomic E-state index is 0.168. The molecule has 1 aromatic carbocycles. The average Bonchev–Trinajstić information content (AvgIpc) is 2.69. The maximum Gasteiger partial charge on any atom is 0.226 e. The molecule has 3 rings (SSSR count). The summed E-state index contributed by atoms with van der Waals surface area (Å²) in [7, 11) is 0. The Morgan fingerprint density at radius 3 is 2.69 bits per heavy atom. The van der Waals surface area contributed by atoms with Crippen molar-refractivity contribution in [1.29, 1.82) is 0 Å². The zero-order valence-electron chi connectivity index (χ0n) is 15.7. The molecule has 1 aliphatic rings. The predicted molar refractivity (Wildman–Crippen MR) is 104 cm³/mol. The molecule has 0 unspecified atom stereocenters. The van der Waals surface area contributed by atoms with Gasteiger partial charge in [-0.05, 0) is 55.4 Å². The second-order valence-corrected chi connectivity index (χ2v) is 7.29. The molecule has 26 heavy (non-hydrogen) atoms. The number of nitrogens with zero attached hydrogens (tertiary/aromatic N) is 1. The van der Waals surface area contributed by atoms with E-state index in [0.29, 0.717) is 13.2 Å². The average molecular weight is 352 g/mol. The number of hydrogen-bond donors (Lipinski definition) is 1. The lowest BCUT2D eigenvalue weighted by Crippen LogP contribution is -2.48. The largest absolute Gasteiger partial charge is 0.381 e. The van der Waals surface area contributed by atoms with Gasteiger partial charge in [-0.15, -0.1) is 0 Å². The van der Waals surface area contributed by atoms with E-state index >= 15 is 0 Å². The number of aromatic nitrogens is 1. The van der Waals surface area contributed by atoms with Gasteiger partial charge in [-0.2, -0.15) is 0 Å². The number of rotatable bonds is 6. The van der Waals surface area contributed by atoms with Crippen LogP contribution in [-0.4, -0.2) is 30.1 Å². The molecular formula is C22H28N2O2. The molecule has 1 atom stereocenters. The van der Waals surface area contributed by atoms with Crippen LogP contribution in [0.4, 0.5) is 0 Å². The highest BCUT2D eigenvalue weighted by Gasteiger charge is 2.40. The highest BCUT2D eigenvalue weighted by atomic mass is 16.5. The third-order valence-corrected chi connectivity index (χ3v) is 5.39. The first kappa shape index (κ1) is 18.6. The number of carbonyl (C=O) groups excluding carboxylic acids is 1. The summed E-state index contributed by atoms with van der Waals surface area (Å²) in [6.07, 6.45) is 6.88. The Morgan fingerprint density at radius 1 is 1.23 bits per heavy atom. The molecule has 2 heterocycles. The van der Waals surface area contributed by atoms with Gasteiger partial charge >= 0.3 is 0 Å². The predicted octanol–water partition coefficient (Wildman–Crippen LogP) is 4.00. The molecule has 0 bridgehead atoms. The zero-order valence-corrected chi connectivity index (χ0v) is 15.7. The van der Waals surface area contributed by atoms with Gasteiger partial charge in [0.2, 0.25) is 5.91 Å². The standard InChI is InChI=1S/C22H28N2O2/c1-3-17(2)24-21(25)22(9-12-26-13-10-22)15-18-6-4-7-19(14-18)20-8-5-11-23-16-20/h4-8,11,14,16-17H,3,9-10,12-13,15H2,1-2H3,(H,24,25)/t17-/m0/s1. The van der Waals surface area contributed by atoms with Crippen molar-refractivity contribution in [2.75, 3.05) is 13.2 Å². The summed E-state index contributed by atoms with van der Waals surface area (Å²) >= 11 is 0. The molecule has 1 saturated heterocycles. The van der Waals surface area contributed by atoms with Crippen molar-refractivity contribution in [3.63, 3.8) is 0 Å². The Hall–Kier alpha value is -2.20. The highest BCUT2D eigenvalue weighted by molar-refractivity contribution is 5.83. The monoisotopic (exact) mass is 352 g/mol. The van der Waals surface area contributed by atoms with Crippen LogP contribution in [0.2, 0.25) is 0 Å². The maximum absolute atomic E-state index is 13.1. The molecule has 0 radical (unpaired) electrons. The molecule has 138 valence electrons. The van der Waals surface area contributed by atoms with Gasteiger partial charge in [0.25, 0.3) is 0 Å². The van der Waals surface area contributed by atoms with Crippen LogP contribution < -0.4 is 5.32 Å². The van der Waals surface area contributed by atoms with Crippen molar-refractivity contribution in [2.45, 2.75) is 45.6 Å². The van der Waals surface area contributed by atoms with E-state index in [4.69, 9.17) is 4.74 Å². The quantitative estimate of drug-likeness (QED) is 0.855. The second-order valence-electron chi connectivity index (χ2n) is 7.29. The number of benzene rings is 1.